The summed E-state index contributed by atoms with van der Waals surface area (Å²) in [6.45, 7) is 8.14. The normalized spacial score (nSPS) is 41.9. The number of fused-ring (bicyclic) bond motifs is 5. The third-order valence-corrected chi connectivity index (χ3v) is 13.8. The van der Waals surface area contributed by atoms with Crippen LogP contribution in [0.3, 0.4) is 0 Å². The summed E-state index contributed by atoms with van der Waals surface area (Å²) in [5, 5.41) is 0. The molecule has 1 saturated heterocycles. The van der Waals surface area contributed by atoms with Crippen LogP contribution in [0.2, 0.25) is 0 Å². The second-order valence-electron chi connectivity index (χ2n) is 13.9. The largest absolute Gasteiger partial charge is 0.353 e. The highest BCUT2D eigenvalue weighted by molar-refractivity contribution is 7.91. The van der Waals surface area contributed by atoms with E-state index in [0.29, 0.717) is 28.3 Å². The Morgan fingerprint density at radius 2 is 1.82 bits per heavy atom. The van der Waals surface area contributed by atoms with Crippen molar-refractivity contribution in [3.63, 3.8) is 0 Å². The molecule has 0 radical (unpaired) electrons. The molecule has 0 spiro atoms. The van der Waals surface area contributed by atoms with E-state index in [1.807, 2.05) is 18.2 Å². The lowest BCUT2D eigenvalue weighted by atomic mass is 9.47. The van der Waals surface area contributed by atoms with E-state index >= 15 is 0 Å². The van der Waals surface area contributed by atoms with Gasteiger partial charge < -0.3 is 9.47 Å². The highest BCUT2D eigenvalue weighted by atomic mass is 32.2. The Bertz CT molecular complexity index is 1120. The summed E-state index contributed by atoms with van der Waals surface area (Å²) in [6, 6.07) is 9.06. The third-order valence-electron chi connectivity index (χ3n) is 11.9. The fourth-order valence-corrected chi connectivity index (χ4v) is 11.6. The van der Waals surface area contributed by atoms with Crippen molar-refractivity contribution in [1.82, 2.24) is 0 Å². The van der Waals surface area contributed by atoms with E-state index in [9.17, 15) is 8.42 Å². The SMILES string of the molecule is C[C@H](CS(=O)(=O)c1ccccc1)[C@H]1CC[C@H]2[C@@H]3CC=C4C[C@@H](OC5CCCCO5)CC[C@]4(C)[C@H]3CC[C@]12C. The summed E-state index contributed by atoms with van der Waals surface area (Å²) in [6.07, 6.45) is 16.0. The molecule has 210 valence electrons. The number of sulfone groups is 1. The first-order valence-electron chi connectivity index (χ1n) is 15.4. The molecule has 1 unspecified atom stereocenters. The van der Waals surface area contributed by atoms with Gasteiger partial charge in [0.2, 0.25) is 0 Å². The minimum Gasteiger partial charge on any atom is -0.353 e. The van der Waals surface area contributed by atoms with E-state index in [1.165, 1.54) is 51.4 Å². The smallest absolute Gasteiger partial charge is 0.178 e. The van der Waals surface area contributed by atoms with Gasteiger partial charge in [0.15, 0.2) is 16.1 Å². The quantitative estimate of drug-likeness (QED) is 0.349. The summed E-state index contributed by atoms with van der Waals surface area (Å²) in [5.41, 5.74) is 2.22. The summed E-state index contributed by atoms with van der Waals surface area (Å²) >= 11 is 0. The molecule has 0 N–H and O–H groups in total. The van der Waals surface area contributed by atoms with E-state index in [4.69, 9.17) is 9.47 Å². The molecule has 5 aliphatic rings. The number of ether oxygens (including phenoxy) is 2. The van der Waals surface area contributed by atoms with Gasteiger partial charge in [-0.25, -0.2) is 8.42 Å². The van der Waals surface area contributed by atoms with Crippen LogP contribution in [0.5, 0.6) is 0 Å². The van der Waals surface area contributed by atoms with Crippen molar-refractivity contribution >= 4 is 9.84 Å². The van der Waals surface area contributed by atoms with Gasteiger partial charge in [-0.1, -0.05) is 50.6 Å². The Labute approximate surface area is 230 Å². The van der Waals surface area contributed by atoms with Crippen molar-refractivity contribution in [1.29, 1.82) is 0 Å². The molecule has 5 heteroatoms. The van der Waals surface area contributed by atoms with Crippen LogP contribution < -0.4 is 0 Å². The minimum atomic E-state index is -3.26. The maximum atomic E-state index is 13.2. The molecular weight excluding hydrogens is 492 g/mol. The fraction of sp³-hybridized carbons (Fsp3) is 0.758. The van der Waals surface area contributed by atoms with Gasteiger partial charge in [-0.15, -0.1) is 0 Å². The van der Waals surface area contributed by atoms with Crippen molar-refractivity contribution in [2.45, 2.75) is 109 Å². The lowest BCUT2D eigenvalue weighted by molar-refractivity contribution is -0.195. The standard InChI is InChI=1S/C33H48O4S/c1-23(22-38(34,35)26-9-5-4-6-10-26)28-14-15-29-27-13-12-24-21-25(37-31-11-7-8-20-36-31)16-18-32(24,2)30(27)17-19-33(28,29)3/h4-6,9-10,12,23,25,27-31H,7-8,11,13-22H2,1-3H3/t23-,25+,27+,28-,29+,30+,31?,32+,33-/m1/s1. The second kappa shape index (κ2) is 10.3. The Morgan fingerprint density at radius 1 is 1.00 bits per heavy atom. The summed E-state index contributed by atoms with van der Waals surface area (Å²) in [4.78, 5) is 0.475. The van der Waals surface area contributed by atoms with Crippen LogP contribution in [0.1, 0.15) is 91.4 Å². The monoisotopic (exact) mass is 540 g/mol. The van der Waals surface area contributed by atoms with Crippen molar-refractivity contribution in [3.05, 3.63) is 42.0 Å². The Balaban J connectivity index is 1.15. The highest BCUT2D eigenvalue weighted by Gasteiger charge is 2.59. The van der Waals surface area contributed by atoms with E-state index in [1.54, 1.807) is 17.7 Å². The van der Waals surface area contributed by atoms with Crippen LogP contribution in [-0.4, -0.2) is 33.2 Å². The van der Waals surface area contributed by atoms with Crippen molar-refractivity contribution in [2.75, 3.05) is 12.4 Å². The number of hydrogen-bond acceptors (Lipinski definition) is 4. The van der Waals surface area contributed by atoms with Gasteiger partial charge in [0, 0.05) is 6.61 Å². The number of allylic oxidation sites excluding steroid dienone is 1. The minimum absolute atomic E-state index is 0.00792. The van der Waals surface area contributed by atoms with Gasteiger partial charge in [0.05, 0.1) is 16.8 Å². The molecule has 0 bridgehead atoms. The average Bonchev–Trinajstić information content (AvgIpc) is 3.27. The Hall–Kier alpha value is -1.17. The Kier molecular flexibility index (Phi) is 7.35. The first-order chi connectivity index (χ1) is 18.2. The summed E-state index contributed by atoms with van der Waals surface area (Å²) in [5.74, 6) is 3.16. The Morgan fingerprint density at radius 3 is 2.58 bits per heavy atom. The van der Waals surface area contributed by atoms with Gasteiger partial charge in [-0.3, -0.25) is 0 Å². The highest BCUT2D eigenvalue weighted by Crippen LogP contribution is 2.67. The average molecular weight is 541 g/mol. The molecule has 0 amide bonds. The number of benzene rings is 1. The molecular formula is C33H48O4S. The zero-order valence-electron chi connectivity index (χ0n) is 23.7. The van der Waals surface area contributed by atoms with Crippen molar-refractivity contribution in [3.8, 4) is 0 Å². The van der Waals surface area contributed by atoms with Crippen LogP contribution in [0.25, 0.3) is 0 Å². The van der Waals surface area contributed by atoms with Gasteiger partial charge in [-0.05, 0) is 123 Å². The van der Waals surface area contributed by atoms with Gasteiger partial charge in [0.25, 0.3) is 0 Å². The van der Waals surface area contributed by atoms with Gasteiger partial charge in [0.1, 0.15) is 0 Å². The fourth-order valence-electron chi connectivity index (χ4n) is 9.94. The molecule has 3 saturated carbocycles. The zero-order chi connectivity index (χ0) is 26.5. The van der Waals surface area contributed by atoms with E-state index in [0.717, 1.165) is 37.7 Å². The molecule has 1 aromatic rings. The van der Waals surface area contributed by atoms with E-state index in [2.05, 4.69) is 26.8 Å². The zero-order valence-corrected chi connectivity index (χ0v) is 24.6. The van der Waals surface area contributed by atoms with E-state index < -0.39 is 9.84 Å². The second-order valence-corrected chi connectivity index (χ2v) is 15.9. The maximum absolute atomic E-state index is 13.2. The van der Waals surface area contributed by atoms with Gasteiger partial charge >= 0.3 is 0 Å². The van der Waals surface area contributed by atoms with Gasteiger partial charge in [-0.2, -0.15) is 0 Å². The molecule has 4 nitrogen and oxygen atoms in total. The van der Waals surface area contributed by atoms with E-state index in [-0.39, 0.29) is 23.4 Å². The molecule has 38 heavy (non-hydrogen) atoms. The predicted octanol–water partition coefficient (Wildman–Crippen LogP) is 7.59. The predicted molar refractivity (Wildman–Crippen MR) is 151 cm³/mol. The van der Waals surface area contributed by atoms with Crippen LogP contribution in [0.15, 0.2) is 46.9 Å². The van der Waals surface area contributed by atoms with Crippen molar-refractivity contribution in [2.24, 2.45) is 40.4 Å². The molecule has 4 fully saturated rings. The molecule has 6 rings (SSSR count). The summed E-state index contributed by atoms with van der Waals surface area (Å²) < 4.78 is 38.8. The van der Waals surface area contributed by atoms with Crippen LogP contribution in [0, 0.1) is 40.4 Å². The third kappa shape index (κ3) is 4.73. The van der Waals surface area contributed by atoms with Crippen LogP contribution >= 0.6 is 0 Å². The maximum Gasteiger partial charge on any atom is 0.178 e. The molecule has 4 aliphatic carbocycles. The first kappa shape index (κ1) is 27.0. The number of rotatable bonds is 6. The molecule has 9 atom stereocenters. The molecule has 1 aliphatic heterocycles. The molecule has 1 aromatic carbocycles. The molecule has 1 heterocycles. The summed E-state index contributed by atoms with van der Waals surface area (Å²) in [7, 11) is -3.26. The number of hydrogen-bond donors (Lipinski definition) is 0. The van der Waals surface area contributed by atoms with Crippen molar-refractivity contribution < 1.29 is 17.9 Å². The lowest BCUT2D eigenvalue weighted by Gasteiger charge is -2.58. The molecule has 0 aromatic heterocycles. The topological polar surface area (TPSA) is 52.6 Å². The van der Waals surface area contributed by atoms with Crippen LogP contribution in [-0.2, 0) is 19.3 Å². The van der Waals surface area contributed by atoms with Crippen LogP contribution in [0.4, 0.5) is 0 Å². The first-order valence-corrected chi connectivity index (χ1v) is 17.1. The lowest BCUT2D eigenvalue weighted by Crippen LogP contribution is -2.51.